The molecule has 0 fully saturated rings. The molecule has 0 amide bonds. The summed E-state index contributed by atoms with van der Waals surface area (Å²) >= 11 is 0. The zero-order valence-corrected chi connectivity index (χ0v) is 33.9. The van der Waals surface area contributed by atoms with Crippen LogP contribution in [0.25, 0.3) is 36.5 Å². The van der Waals surface area contributed by atoms with Crippen molar-refractivity contribution >= 4 is 36.5 Å². The molecule has 0 spiro atoms. The Morgan fingerprint density at radius 1 is 0.483 bits per heavy atom. The van der Waals surface area contributed by atoms with Crippen molar-refractivity contribution in [3.63, 3.8) is 0 Å². The van der Waals surface area contributed by atoms with E-state index in [0.717, 1.165) is 24.1 Å². The number of hydrogen-bond donors (Lipinski definition) is 1. The topological polar surface area (TPSA) is 26.0 Å². The molecular formula is C57H55N. The first-order valence-corrected chi connectivity index (χ1v) is 20.3. The average Bonchev–Trinajstić information content (AvgIpc) is 3.26. The maximum absolute atomic E-state index is 6.87. The smallest absolute Gasteiger partial charge is 0.0218 e. The third kappa shape index (κ3) is 12.7. The Balaban J connectivity index is 1.27. The van der Waals surface area contributed by atoms with Gasteiger partial charge in [-0.2, -0.15) is 0 Å². The molecule has 0 heterocycles. The fraction of sp³-hybridized carbons (Fsp3) is 0.123. The molecule has 2 N–H and O–H groups in total. The molecule has 6 rings (SSSR count). The quantitative estimate of drug-likeness (QED) is 0.0728. The fourth-order valence-corrected chi connectivity index (χ4v) is 6.73. The zero-order chi connectivity index (χ0) is 40.4. The van der Waals surface area contributed by atoms with Crippen LogP contribution in [0.3, 0.4) is 0 Å². The lowest BCUT2D eigenvalue weighted by atomic mass is 9.83. The number of nitrogens with two attached hydrogens (primary N) is 1. The van der Waals surface area contributed by atoms with Crippen LogP contribution in [0.2, 0.25) is 0 Å². The monoisotopic (exact) mass is 753 g/mol. The summed E-state index contributed by atoms with van der Waals surface area (Å²) in [7, 11) is 0. The minimum atomic E-state index is -0.207. The van der Waals surface area contributed by atoms with E-state index < -0.39 is 0 Å². The van der Waals surface area contributed by atoms with Crippen LogP contribution in [0, 0.1) is 5.41 Å². The van der Waals surface area contributed by atoms with Crippen LogP contribution in [-0.2, 0) is 6.42 Å². The third-order valence-corrected chi connectivity index (χ3v) is 10.4. The highest BCUT2D eigenvalue weighted by Crippen LogP contribution is 2.32. The summed E-state index contributed by atoms with van der Waals surface area (Å²) in [4.78, 5) is 0. The Morgan fingerprint density at radius 2 is 0.845 bits per heavy atom. The van der Waals surface area contributed by atoms with Crippen LogP contribution in [0.1, 0.15) is 82.2 Å². The second-order valence-electron chi connectivity index (χ2n) is 15.4. The number of benzene rings is 6. The molecular weight excluding hydrogens is 699 g/mol. The van der Waals surface area contributed by atoms with Gasteiger partial charge >= 0.3 is 0 Å². The minimum absolute atomic E-state index is 0.0169. The van der Waals surface area contributed by atoms with Gasteiger partial charge in [0.25, 0.3) is 0 Å². The van der Waals surface area contributed by atoms with Gasteiger partial charge in [-0.15, -0.1) is 6.58 Å². The van der Waals surface area contributed by atoms with Crippen molar-refractivity contribution in [1.82, 2.24) is 0 Å². The van der Waals surface area contributed by atoms with E-state index in [1.165, 1.54) is 44.5 Å². The molecule has 6 aromatic carbocycles. The van der Waals surface area contributed by atoms with Crippen molar-refractivity contribution in [2.24, 2.45) is 11.1 Å². The number of allylic oxidation sites excluding steroid dienone is 7. The Labute approximate surface area is 347 Å². The fourth-order valence-electron chi connectivity index (χ4n) is 6.73. The van der Waals surface area contributed by atoms with E-state index >= 15 is 0 Å². The third-order valence-electron chi connectivity index (χ3n) is 10.4. The molecule has 288 valence electrons. The predicted octanol–water partition coefficient (Wildman–Crippen LogP) is 14.9. The van der Waals surface area contributed by atoms with E-state index in [1.807, 2.05) is 24.3 Å². The van der Waals surface area contributed by atoms with Crippen molar-refractivity contribution < 1.29 is 0 Å². The van der Waals surface area contributed by atoms with Crippen molar-refractivity contribution in [1.29, 1.82) is 0 Å². The second-order valence-corrected chi connectivity index (χ2v) is 15.4. The molecule has 6 aromatic rings. The standard InChI is InChI=1S/C57H55N/c1-4-43-57(2,3)56(58)44-55(54-39-35-51(36-40-54)30-25-47-19-12-7-13-20-47)42-41-52(53-37-33-50(34-38-53)29-24-46-17-10-6-11-18-46)22-14-21-48-26-31-49(32-27-48)28-23-45-15-8-5-9-16-45/h4-20,22-42,44,52,55H,1,21,43,58H2,2-3H3. The maximum atomic E-state index is 6.87. The largest absolute Gasteiger partial charge is 0.402 e. The normalized spacial score (nSPS) is 13.6. The van der Waals surface area contributed by atoms with Crippen LogP contribution in [0.15, 0.2) is 213 Å². The van der Waals surface area contributed by atoms with E-state index in [-0.39, 0.29) is 17.3 Å². The average molecular weight is 754 g/mol. The SMILES string of the molecule is C=CCC(C)(C)C(N)=CC(C=CC(C=CCc1ccc(C=Cc2ccccc2)cc1)c1ccc(C=Cc2ccccc2)cc1)c1ccc(C=Cc2ccccc2)cc1. The molecule has 1 heteroatoms. The Morgan fingerprint density at radius 3 is 1.26 bits per heavy atom. The molecule has 0 aromatic heterocycles. The van der Waals surface area contributed by atoms with Gasteiger partial charge in [0.2, 0.25) is 0 Å². The Kier molecular flexibility index (Phi) is 14.8. The van der Waals surface area contributed by atoms with Crippen molar-refractivity contribution in [3.8, 4) is 0 Å². The van der Waals surface area contributed by atoms with Crippen LogP contribution < -0.4 is 5.73 Å². The summed E-state index contributed by atoms with van der Waals surface area (Å²) in [6.45, 7) is 8.37. The molecule has 2 unspecified atom stereocenters. The van der Waals surface area contributed by atoms with Crippen molar-refractivity contribution in [3.05, 3.63) is 263 Å². The summed E-state index contributed by atoms with van der Waals surface area (Å²) in [5.74, 6) is 0.0447. The molecule has 0 radical (unpaired) electrons. The predicted molar refractivity (Wildman–Crippen MR) is 254 cm³/mol. The van der Waals surface area contributed by atoms with Gasteiger partial charge in [-0.05, 0) is 62.9 Å². The van der Waals surface area contributed by atoms with Crippen LogP contribution in [0.4, 0.5) is 0 Å². The molecule has 0 aliphatic rings. The second kappa shape index (κ2) is 21.0. The Hall–Kier alpha value is -6.70. The summed E-state index contributed by atoms with van der Waals surface area (Å²) in [6.07, 6.45) is 28.1. The lowest BCUT2D eigenvalue weighted by Crippen LogP contribution is -2.21. The van der Waals surface area contributed by atoms with Gasteiger partial charge in [0.05, 0.1) is 0 Å². The highest BCUT2D eigenvalue weighted by Gasteiger charge is 2.21. The minimum Gasteiger partial charge on any atom is -0.402 e. The summed E-state index contributed by atoms with van der Waals surface area (Å²) < 4.78 is 0. The van der Waals surface area contributed by atoms with Crippen LogP contribution in [0.5, 0.6) is 0 Å². The molecule has 0 aliphatic carbocycles. The van der Waals surface area contributed by atoms with Crippen molar-refractivity contribution in [2.75, 3.05) is 0 Å². The van der Waals surface area contributed by atoms with Gasteiger partial charge in [-0.1, -0.05) is 251 Å². The number of rotatable bonds is 17. The van der Waals surface area contributed by atoms with Gasteiger partial charge in [0, 0.05) is 22.9 Å². The van der Waals surface area contributed by atoms with E-state index in [0.29, 0.717) is 0 Å². The first-order valence-electron chi connectivity index (χ1n) is 20.3. The van der Waals surface area contributed by atoms with Crippen molar-refractivity contribution in [2.45, 2.75) is 38.5 Å². The lowest BCUT2D eigenvalue weighted by Gasteiger charge is -2.25. The van der Waals surface area contributed by atoms with E-state index in [9.17, 15) is 0 Å². The van der Waals surface area contributed by atoms with E-state index in [4.69, 9.17) is 5.73 Å². The summed E-state index contributed by atoms with van der Waals surface area (Å²) in [5.41, 5.74) is 18.3. The molecule has 0 aliphatic heterocycles. The zero-order valence-electron chi connectivity index (χ0n) is 33.9. The molecule has 0 saturated carbocycles. The van der Waals surface area contributed by atoms with Crippen LogP contribution >= 0.6 is 0 Å². The first kappa shape index (κ1) is 40.9. The van der Waals surface area contributed by atoms with E-state index in [2.05, 4.69) is 233 Å². The molecule has 0 saturated heterocycles. The van der Waals surface area contributed by atoms with Gasteiger partial charge in [0.15, 0.2) is 0 Å². The summed E-state index contributed by atoms with van der Waals surface area (Å²) in [6, 6.07) is 57.8. The van der Waals surface area contributed by atoms with Gasteiger partial charge in [-0.25, -0.2) is 0 Å². The van der Waals surface area contributed by atoms with Gasteiger partial charge < -0.3 is 5.73 Å². The summed E-state index contributed by atoms with van der Waals surface area (Å²) in [5, 5.41) is 0. The molecule has 0 bridgehead atoms. The van der Waals surface area contributed by atoms with E-state index in [1.54, 1.807) is 0 Å². The lowest BCUT2D eigenvalue weighted by molar-refractivity contribution is 0.446. The maximum Gasteiger partial charge on any atom is 0.0218 e. The highest BCUT2D eigenvalue weighted by atomic mass is 14.6. The van der Waals surface area contributed by atoms with Gasteiger partial charge in [-0.3, -0.25) is 0 Å². The Bertz CT molecular complexity index is 2340. The first-order chi connectivity index (χ1) is 28.3. The molecule has 1 nitrogen and oxygen atoms in total. The molecule has 58 heavy (non-hydrogen) atoms. The number of hydrogen-bond acceptors (Lipinski definition) is 1. The van der Waals surface area contributed by atoms with Crippen LogP contribution in [-0.4, -0.2) is 0 Å². The molecule has 2 atom stereocenters. The highest BCUT2D eigenvalue weighted by molar-refractivity contribution is 5.71. The van der Waals surface area contributed by atoms with Gasteiger partial charge in [0.1, 0.15) is 0 Å².